The standard InChI is InChI=1S/C12H10FNO3/c13-9-4-1-8(2-5-9)3-6-10-11(12(15)16)14-7-17-10/h1-2,4-5,7H,3,6H2,(H,15,16). The van der Waals surface area contributed by atoms with Crippen LogP contribution in [0.5, 0.6) is 0 Å². The fraction of sp³-hybridized carbons (Fsp3) is 0.167. The van der Waals surface area contributed by atoms with Crippen molar-refractivity contribution in [1.82, 2.24) is 4.98 Å². The number of aryl methyl sites for hydroxylation is 2. The van der Waals surface area contributed by atoms with E-state index in [0.717, 1.165) is 12.0 Å². The highest BCUT2D eigenvalue weighted by Crippen LogP contribution is 2.12. The van der Waals surface area contributed by atoms with Crippen LogP contribution in [0.3, 0.4) is 0 Å². The minimum Gasteiger partial charge on any atom is -0.476 e. The fourth-order valence-electron chi connectivity index (χ4n) is 1.53. The van der Waals surface area contributed by atoms with Crippen LogP contribution in [0.2, 0.25) is 0 Å². The zero-order chi connectivity index (χ0) is 12.3. The molecule has 2 aromatic rings. The van der Waals surface area contributed by atoms with Crippen LogP contribution in [0, 0.1) is 5.82 Å². The highest BCUT2D eigenvalue weighted by molar-refractivity contribution is 5.86. The summed E-state index contributed by atoms with van der Waals surface area (Å²) in [7, 11) is 0. The minimum atomic E-state index is -1.10. The molecule has 2 rings (SSSR count). The van der Waals surface area contributed by atoms with E-state index in [1.807, 2.05) is 0 Å². The van der Waals surface area contributed by atoms with Gasteiger partial charge in [0.05, 0.1) is 0 Å². The molecule has 0 fully saturated rings. The van der Waals surface area contributed by atoms with Crippen LogP contribution in [-0.2, 0) is 12.8 Å². The molecule has 1 N–H and O–H groups in total. The van der Waals surface area contributed by atoms with Crippen LogP contribution >= 0.6 is 0 Å². The Labute approximate surface area is 96.7 Å². The quantitative estimate of drug-likeness (QED) is 0.883. The van der Waals surface area contributed by atoms with E-state index in [1.165, 1.54) is 12.1 Å². The third kappa shape index (κ3) is 2.69. The number of carboxylic acid groups (broad SMARTS) is 1. The molecular weight excluding hydrogens is 225 g/mol. The van der Waals surface area contributed by atoms with Gasteiger partial charge in [-0.2, -0.15) is 0 Å². The zero-order valence-corrected chi connectivity index (χ0v) is 8.89. The van der Waals surface area contributed by atoms with Gasteiger partial charge in [-0.3, -0.25) is 0 Å². The van der Waals surface area contributed by atoms with Crippen LogP contribution < -0.4 is 0 Å². The van der Waals surface area contributed by atoms with Crippen LogP contribution in [-0.4, -0.2) is 16.1 Å². The van der Waals surface area contributed by atoms with Crippen molar-refractivity contribution in [3.05, 3.63) is 53.5 Å². The molecule has 5 heteroatoms. The van der Waals surface area contributed by atoms with E-state index < -0.39 is 5.97 Å². The molecule has 0 bridgehead atoms. The molecule has 0 amide bonds. The van der Waals surface area contributed by atoms with Crippen LogP contribution in [0.1, 0.15) is 21.8 Å². The number of benzene rings is 1. The number of nitrogens with zero attached hydrogens (tertiary/aromatic N) is 1. The van der Waals surface area contributed by atoms with Crippen molar-refractivity contribution in [3.63, 3.8) is 0 Å². The average Bonchev–Trinajstić information content (AvgIpc) is 2.76. The van der Waals surface area contributed by atoms with Gasteiger partial charge in [0.25, 0.3) is 0 Å². The Kier molecular flexibility index (Phi) is 3.18. The van der Waals surface area contributed by atoms with Gasteiger partial charge >= 0.3 is 5.97 Å². The number of aromatic nitrogens is 1. The molecule has 0 saturated heterocycles. The van der Waals surface area contributed by atoms with Gasteiger partial charge in [0.2, 0.25) is 0 Å². The Morgan fingerprint density at radius 2 is 2.00 bits per heavy atom. The maximum Gasteiger partial charge on any atom is 0.358 e. The summed E-state index contributed by atoms with van der Waals surface area (Å²) in [6, 6.07) is 6.06. The molecule has 0 aliphatic rings. The summed E-state index contributed by atoms with van der Waals surface area (Å²) in [5, 5.41) is 8.82. The lowest BCUT2D eigenvalue weighted by atomic mass is 10.1. The Balaban J connectivity index is 2.05. The summed E-state index contributed by atoms with van der Waals surface area (Å²) in [6.07, 6.45) is 2.12. The van der Waals surface area contributed by atoms with Gasteiger partial charge in [0.15, 0.2) is 12.1 Å². The zero-order valence-electron chi connectivity index (χ0n) is 8.89. The second kappa shape index (κ2) is 4.78. The highest BCUT2D eigenvalue weighted by Gasteiger charge is 2.14. The third-order valence-electron chi connectivity index (χ3n) is 2.40. The van der Waals surface area contributed by atoms with Crippen molar-refractivity contribution in [2.75, 3.05) is 0 Å². The number of hydrogen-bond acceptors (Lipinski definition) is 3. The number of oxazole rings is 1. The van der Waals surface area contributed by atoms with Crippen molar-refractivity contribution < 1.29 is 18.7 Å². The van der Waals surface area contributed by atoms with Crippen LogP contribution in [0.25, 0.3) is 0 Å². The van der Waals surface area contributed by atoms with E-state index in [-0.39, 0.29) is 11.5 Å². The lowest BCUT2D eigenvalue weighted by Crippen LogP contribution is -2.02. The van der Waals surface area contributed by atoms with Gasteiger partial charge in [-0.15, -0.1) is 0 Å². The van der Waals surface area contributed by atoms with Crippen molar-refractivity contribution in [3.8, 4) is 0 Å². The maximum atomic E-state index is 12.7. The third-order valence-corrected chi connectivity index (χ3v) is 2.40. The molecule has 0 aliphatic heterocycles. The van der Waals surface area contributed by atoms with E-state index in [9.17, 15) is 9.18 Å². The number of rotatable bonds is 4. The summed E-state index contributed by atoms with van der Waals surface area (Å²) < 4.78 is 17.7. The molecule has 0 atom stereocenters. The van der Waals surface area contributed by atoms with Gasteiger partial charge in [0, 0.05) is 6.42 Å². The number of halogens is 1. The number of carbonyl (C=O) groups is 1. The van der Waals surface area contributed by atoms with E-state index in [4.69, 9.17) is 9.52 Å². The molecule has 1 aromatic carbocycles. The normalized spacial score (nSPS) is 10.4. The molecule has 88 valence electrons. The number of hydrogen-bond donors (Lipinski definition) is 1. The number of carboxylic acids is 1. The molecule has 1 heterocycles. The summed E-state index contributed by atoms with van der Waals surface area (Å²) >= 11 is 0. The lowest BCUT2D eigenvalue weighted by Gasteiger charge is -1.99. The van der Waals surface area contributed by atoms with Crippen molar-refractivity contribution >= 4 is 5.97 Å². The Hall–Kier alpha value is -2.17. The summed E-state index contributed by atoms with van der Waals surface area (Å²) in [6.45, 7) is 0. The summed E-state index contributed by atoms with van der Waals surface area (Å²) in [5.74, 6) is -1.06. The maximum absolute atomic E-state index is 12.7. The summed E-state index contributed by atoms with van der Waals surface area (Å²) in [5.41, 5.74) is 0.853. The monoisotopic (exact) mass is 235 g/mol. The van der Waals surface area contributed by atoms with E-state index in [1.54, 1.807) is 12.1 Å². The highest BCUT2D eigenvalue weighted by atomic mass is 19.1. The van der Waals surface area contributed by atoms with E-state index >= 15 is 0 Å². The molecule has 0 aliphatic carbocycles. The molecule has 1 aromatic heterocycles. The molecule has 0 saturated carbocycles. The fourth-order valence-corrected chi connectivity index (χ4v) is 1.53. The summed E-state index contributed by atoms with van der Waals surface area (Å²) in [4.78, 5) is 14.4. The Morgan fingerprint density at radius 3 is 2.65 bits per heavy atom. The molecular formula is C12H10FNO3. The SMILES string of the molecule is O=C(O)c1ncoc1CCc1ccc(F)cc1. The van der Waals surface area contributed by atoms with E-state index in [0.29, 0.717) is 18.6 Å². The molecule has 0 spiro atoms. The van der Waals surface area contributed by atoms with Crippen molar-refractivity contribution in [2.24, 2.45) is 0 Å². The molecule has 17 heavy (non-hydrogen) atoms. The van der Waals surface area contributed by atoms with Gasteiger partial charge < -0.3 is 9.52 Å². The molecule has 0 unspecified atom stereocenters. The molecule has 0 radical (unpaired) electrons. The van der Waals surface area contributed by atoms with Crippen molar-refractivity contribution in [1.29, 1.82) is 0 Å². The lowest BCUT2D eigenvalue weighted by molar-refractivity contribution is 0.0689. The second-order valence-electron chi connectivity index (χ2n) is 3.56. The van der Waals surface area contributed by atoms with Gasteiger partial charge in [-0.05, 0) is 24.1 Å². The van der Waals surface area contributed by atoms with Gasteiger partial charge in [-0.25, -0.2) is 14.2 Å². The first-order valence-corrected chi connectivity index (χ1v) is 5.07. The Bertz CT molecular complexity index is 519. The van der Waals surface area contributed by atoms with Crippen LogP contribution in [0.15, 0.2) is 35.1 Å². The predicted molar refractivity (Wildman–Crippen MR) is 57.3 cm³/mol. The average molecular weight is 235 g/mol. The molecule has 4 nitrogen and oxygen atoms in total. The second-order valence-corrected chi connectivity index (χ2v) is 3.56. The van der Waals surface area contributed by atoms with Crippen LogP contribution in [0.4, 0.5) is 4.39 Å². The Morgan fingerprint density at radius 1 is 1.29 bits per heavy atom. The van der Waals surface area contributed by atoms with Gasteiger partial charge in [0.1, 0.15) is 11.6 Å². The number of aromatic carboxylic acids is 1. The smallest absolute Gasteiger partial charge is 0.358 e. The predicted octanol–water partition coefficient (Wildman–Crippen LogP) is 2.30. The van der Waals surface area contributed by atoms with E-state index in [2.05, 4.69) is 4.98 Å². The first kappa shape index (κ1) is 11.3. The first-order valence-electron chi connectivity index (χ1n) is 5.07. The topological polar surface area (TPSA) is 63.3 Å². The minimum absolute atomic E-state index is 0.0629. The largest absolute Gasteiger partial charge is 0.476 e. The van der Waals surface area contributed by atoms with Crippen molar-refractivity contribution in [2.45, 2.75) is 12.8 Å². The van der Waals surface area contributed by atoms with Gasteiger partial charge in [-0.1, -0.05) is 12.1 Å². The first-order chi connectivity index (χ1) is 8.16.